The average Bonchev–Trinajstić information content (AvgIpc) is 2.63. The van der Waals surface area contributed by atoms with Crippen LogP contribution in [0.3, 0.4) is 0 Å². The number of aromatic nitrogens is 2. The quantitative estimate of drug-likeness (QED) is 0.783. The second-order valence-electron chi connectivity index (χ2n) is 4.39. The zero-order valence-electron chi connectivity index (χ0n) is 10.5. The predicted octanol–water partition coefficient (Wildman–Crippen LogP) is 1.45. The second-order valence-corrected chi connectivity index (χ2v) is 4.39. The predicted molar refractivity (Wildman–Crippen MR) is 72.0 cm³/mol. The van der Waals surface area contributed by atoms with Crippen LogP contribution in [-0.4, -0.2) is 15.5 Å². The molecule has 0 aliphatic rings. The second kappa shape index (κ2) is 5.08. The Morgan fingerprint density at radius 3 is 2.89 bits per heavy atom. The van der Waals surface area contributed by atoms with Gasteiger partial charge in [-0.3, -0.25) is 4.79 Å². The Morgan fingerprint density at radius 1 is 1.44 bits per heavy atom. The van der Waals surface area contributed by atoms with Crippen LogP contribution in [0.15, 0.2) is 18.2 Å². The van der Waals surface area contributed by atoms with Gasteiger partial charge in [-0.2, -0.15) is 0 Å². The molecule has 2 rings (SSSR count). The number of rotatable bonds is 5. The summed E-state index contributed by atoms with van der Waals surface area (Å²) >= 11 is 0. The van der Waals surface area contributed by atoms with Crippen LogP contribution in [0.2, 0.25) is 0 Å². The van der Waals surface area contributed by atoms with Gasteiger partial charge >= 0.3 is 0 Å². The number of anilines is 1. The first kappa shape index (κ1) is 12.4. The molecular weight excluding hydrogens is 228 g/mol. The van der Waals surface area contributed by atoms with Crippen molar-refractivity contribution in [2.45, 2.75) is 32.7 Å². The smallest absolute Gasteiger partial charge is 0.219 e. The Labute approximate surface area is 106 Å². The van der Waals surface area contributed by atoms with E-state index in [0.29, 0.717) is 18.7 Å². The number of carbonyl (C=O) groups is 1. The molecular formula is C13H18N4O. The van der Waals surface area contributed by atoms with E-state index in [9.17, 15) is 4.79 Å². The summed E-state index contributed by atoms with van der Waals surface area (Å²) in [5.41, 5.74) is 13.5. The summed E-state index contributed by atoms with van der Waals surface area (Å²) in [6.45, 7) is 2.68. The minimum absolute atomic E-state index is 0.297. The molecule has 1 heterocycles. The first-order valence-electron chi connectivity index (χ1n) is 6.14. The van der Waals surface area contributed by atoms with Gasteiger partial charge in [-0.05, 0) is 24.6 Å². The SMILES string of the molecule is CCCc1nc2cc(N)ccc2n1CCC(N)=O. The van der Waals surface area contributed by atoms with Crippen molar-refractivity contribution < 1.29 is 4.79 Å². The third-order valence-corrected chi connectivity index (χ3v) is 2.91. The maximum absolute atomic E-state index is 10.9. The molecule has 0 unspecified atom stereocenters. The number of primary amides is 1. The summed E-state index contributed by atoms with van der Waals surface area (Å²) in [6.07, 6.45) is 2.22. The molecule has 2 aromatic rings. The van der Waals surface area contributed by atoms with E-state index in [1.165, 1.54) is 0 Å². The van der Waals surface area contributed by atoms with E-state index < -0.39 is 0 Å². The van der Waals surface area contributed by atoms with E-state index in [4.69, 9.17) is 11.5 Å². The molecule has 5 nitrogen and oxygen atoms in total. The Balaban J connectivity index is 2.44. The monoisotopic (exact) mass is 246 g/mol. The lowest BCUT2D eigenvalue weighted by Gasteiger charge is -2.07. The van der Waals surface area contributed by atoms with Gasteiger partial charge in [0, 0.05) is 25.1 Å². The number of benzene rings is 1. The van der Waals surface area contributed by atoms with Crippen molar-refractivity contribution >= 4 is 22.6 Å². The molecule has 96 valence electrons. The summed E-state index contributed by atoms with van der Waals surface area (Å²) in [7, 11) is 0. The molecule has 0 aliphatic carbocycles. The van der Waals surface area contributed by atoms with Gasteiger partial charge in [0.05, 0.1) is 11.0 Å². The molecule has 0 atom stereocenters. The summed E-state index contributed by atoms with van der Waals surface area (Å²) in [5, 5.41) is 0. The van der Waals surface area contributed by atoms with Gasteiger partial charge in [0.25, 0.3) is 0 Å². The molecule has 18 heavy (non-hydrogen) atoms. The van der Waals surface area contributed by atoms with Crippen LogP contribution in [0.5, 0.6) is 0 Å². The summed E-state index contributed by atoms with van der Waals surface area (Å²) in [5.74, 6) is 0.689. The average molecular weight is 246 g/mol. The van der Waals surface area contributed by atoms with Crippen molar-refractivity contribution in [2.75, 3.05) is 5.73 Å². The fraction of sp³-hybridized carbons (Fsp3) is 0.385. The number of hydrogen-bond donors (Lipinski definition) is 2. The number of carbonyl (C=O) groups excluding carboxylic acids is 1. The van der Waals surface area contributed by atoms with Gasteiger partial charge in [0.1, 0.15) is 5.82 Å². The zero-order valence-corrected chi connectivity index (χ0v) is 10.5. The van der Waals surface area contributed by atoms with Crippen molar-refractivity contribution in [1.82, 2.24) is 9.55 Å². The Hall–Kier alpha value is -2.04. The lowest BCUT2D eigenvalue weighted by atomic mass is 10.2. The normalized spacial score (nSPS) is 10.9. The van der Waals surface area contributed by atoms with Crippen molar-refractivity contribution in [2.24, 2.45) is 5.73 Å². The van der Waals surface area contributed by atoms with Crippen molar-refractivity contribution in [1.29, 1.82) is 0 Å². The van der Waals surface area contributed by atoms with Crippen molar-refractivity contribution in [3.8, 4) is 0 Å². The van der Waals surface area contributed by atoms with E-state index in [0.717, 1.165) is 29.7 Å². The largest absolute Gasteiger partial charge is 0.399 e. The van der Waals surface area contributed by atoms with Crippen LogP contribution in [0.4, 0.5) is 5.69 Å². The molecule has 4 N–H and O–H groups in total. The molecule has 0 radical (unpaired) electrons. The fourth-order valence-electron chi connectivity index (χ4n) is 2.08. The molecule has 0 bridgehead atoms. The fourth-order valence-corrected chi connectivity index (χ4v) is 2.08. The maximum Gasteiger partial charge on any atom is 0.219 e. The number of imidazole rings is 1. The highest BCUT2D eigenvalue weighted by molar-refractivity contribution is 5.80. The molecule has 1 aromatic heterocycles. The van der Waals surface area contributed by atoms with E-state index in [1.54, 1.807) is 0 Å². The molecule has 0 saturated carbocycles. The number of nitrogen functional groups attached to an aromatic ring is 1. The standard InChI is InChI=1S/C13H18N4O/c1-2-3-13-16-10-8-9(14)4-5-11(10)17(13)7-6-12(15)18/h4-5,8H,2-3,6-7,14H2,1H3,(H2,15,18). The van der Waals surface area contributed by atoms with Crippen LogP contribution in [0.1, 0.15) is 25.6 Å². The summed E-state index contributed by atoms with van der Waals surface area (Å²) in [6, 6.07) is 5.65. The molecule has 0 fully saturated rings. The number of nitrogens with zero attached hydrogens (tertiary/aromatic N) is 2. The van der Waals surface area contributed by atoms with Crippen LogP contribution in [-0.2, 0) is 17.8 Å². The van der Waals surface area contributed by atoms with Gasteiger partial charge in [0.2, 0.25) is 5.91 Å². The molecule has 1 aromatic carbocycles. The molecule has 5 heteroatoms. The first-order valence-corrected chi connectivity index (χ1v) is 6.14. The number of nitrogens with two attached hydrogens (primary N) is 2. The van der Waals surface area contributed by atoms with Gasteiger partial charge in [-0.25, -0.2) is 4.98 Å². The van der Waals surface area contributed by atoms with Gasteiger partial charge in [-0.1, -0.05) is 6.92 Å². The maximum atomic E-state index is 10.9. The van der Waals surface area contributed by atoms with Gasteiger partial charge in [-0.15, -0.1) is 0 Å². The van der Waals surface area contributed by atoms with Gasteiger partial charge < -0.3 is 16.0 Å². The minimum atomic E-state index is -0.297. The third-order valence-electron chi connectivity index (χ3n) is 2.91. The van der Waals surface area contributed by atoms with E-state index in [-0.39, 0.29) is 5.91 Å². The highest BCUT2D eigenvalue weighted by Gasteiger charge is 2.10. The van der Waals surface area contributed by atoms with Crippen LogP contribution in [0.25, 0.3) is 11.0 Å². The number of hydrogen-bond acceptors (Lipinski definition) is 3. The molecule has 0 spiro atoms. The van der Waals surface area contributed by atoms with E-state index in [1.807, 2.05) is 18.2 Å². The number of fused-ring (bicyclic) bond motifs is 1. The topological polar surface area (TPSA) is 86.9 Å². The van der Waals surface area contributed by atoms with Crippen molar-refractivity contribution in [3.05, 3.63) is 24.0 Å². The number of aryl methyl sites for hydroxylation is 2. The van der Waals surface area contributed by atoms with Crippen LogP contribution < -0.4 is 11.5 Å². The van der Waals surface area contributed by atoms with Crippen molar-refractivity contribution in [3.63, 3.8) is 0 Å². The lowest BCUT2D eigenvalue weighted by Crippen LogP contribution is -2.15. The minimum Gasteiger partial charge on any atom is -0.399 e. The zero-order chi connectivity index (χ0) is 13.1. The van der Waals surface area contributed by atoms with Crippen LogP contribution in [0, 0.1) is 0 Å². The first-order chi connectivity index (χ1) is 8.61. The van der Waals surface area contributed by atoms with E-state index in [2.05, 4.69) is 16.5 Å². The Bertz CT molecular complexity index is 574. The Kier molecular flexibility index (Phi) is 3.50. The lowest BCUT2D eigenvalue weighted by molar-refractivity contribution is -0.118. The van der Waals surface area contributed by atoms with Crippen LogP contribution >= 0.6 is 0 Å². The number of amides is 1. The Morgan fingerprint density at radius 2 is 2.22 bits per heavy atom. The highest BCUT2D eigenvalue weighted by atomic mass is 16.1. The summed E-state index contributed by atoms with van der Waals surface area (Å²) in [4.78, 5) is 15.5. The molecule has 1 amide bonds. The molecule has 0 aliphatic heterocycles. The highest BCUT2D eigenvalue weighted by Crippen LogP contribution is 2.20. The summed E-state index contributed by atoms with van der Waals surface area (Å²) < 4.78 is 2.06. The van der Waals surface area contributed by atoms with Gasteiger partial charge in [0.15, 0.2) is 0 Å². The third kappa shape index (κ3) is 2.45. The van der Waals surface area contributed by atoms with E-state index >= 15 is 0 Å². The molecule has 0 saturated heterocycles.